The first-order valence-electron chi connectivity index (χ1n) is 10.8. The summed E-state index contributed by atoms with van der Waals surface area (Å²) < 4.78 is 20.6. The summed E-state index contributed by atoms with van der Waals surface area (Å²) in [5.74, 6) is 0.0958. The SMILES string of the molecule is Cc1ccccc1Cn1nc(C)c(NC(=O)c2ccc(COc3ccc(F)cc3)cc2)c1C. The van der Waals surface area contributed by atoms with E-state index in [1.165, 1.54) is 23.3 Å². The van der Waals surface area contributed by atoms with Crippen molar-refractivity contribution < 1.29 is 13.9 Å². The molecule has 0 atom stereocenters. The molecule has 5 nitrogen and oxygen atoms in total. The van der Waals surface area contributed by atoms with Crippen LogP contribution in [0.15, 0.2) is 72.8 Å². The third-order valence-corrected chi connectivity index (χ3v) is 5.64. The zero-order valence-electron chi connectivity index (χ0n) is 18.9. The van der Waals surface area contributed by atoms with E-state index in [9.17, 15) is 9.18 Å². The lowest BCUT2D eigenvalue weighted by molar-refractivity contribution is 0.102. The molecule has 0 saturated carbocycles. The van der Waals surface area contributed by atoms with Crippen LogP contribution in [0.4, 0.5) is 10.1 Å². The number of aromatic nitrogens is 2. The zero-order chi connectivity index (χ0) is 23.4. The molecular formula is C27H26FN3O2. The smallest absolute Gasteiger partial charge is 0.255 e. The number of halogens is 1. The number of hydrogen-bond acceptors (Lipinski definition) is 3. The first-order valence-corrected chi connectivity index (χ1v) is 10.8. The Morgan fingerprint density at radius 3 is 2.36 bits per heavy atom. The second-order valence-corrected chi connectivity index (χ2v) is 8.02. The Morgan fingerprint density at radius 2 is 1.67 bits per heavy atom. The fraction of sp³-hybridized carbons (Fsp3) is 0.185. The molecule has 4 rings (SSSR count). The predicted molar refractivity (Wildman–Crippen MR) is 127 cm³/mol. The summed E-state index contributed by atoms with van der Waals surface area (Å²) in [5, 5.41) is 7.64. The van der Waals surface area contributed by atoms with Crippen LogP contribution >= 0.6 is 0 Å². The van der Waals surface area contributed by atoms with Gasteiger partial charge in [-0.3, -0.25) is 9.48 Å². The fourth-order valence-corrected chi connectivity index (χ4v) is 3.62. The van der Waals surface area contributed by atoms with E-state index in [-0.39, 0.29) is 11.7 Å². The number of ether oxygens (including phenoxy) is 1. The van der Waals surface area contributed by atoms with Crippen LogP contribution in [0.5, 0.6) is 5.75 Å². The van der Waals surface area contributed by atoms with E-state index in [1.54, 1.807) is 24.3 Å². The first kappa shape index (κ1) is 22.3. The van der Waals surface area contributed by atoms with E-state index in [4.69, 9.17) is 4.74 Å². The molecule has 1 heterocycles. The highest BCUT2D eigenvalue weighted by Crippen LogP contribution is 2.22. The molecule has 0 aliphatic carbocycles. The van der Waals surface area contributed by atoms with E-state index in [0.717, 1.165) is 22.6 Å². The Balaban J connectivity index is 1.41. The van der Waals surface area contributed by atoms with Crippen LogP contribution in [0.1, 0.15) is 38.4 Å². The molecule has 0 fully saturated rings. The Labute approximate surface area is 192 Å². The minimum atomic E-state index is -0.302. The molecule has 0 saturated heterocycles. The van der Waals surface area contributed by atoms with Crippen molar-refractivity contribution >= 4 is 11.6 Å². The molecule has 3 aromatic carbocycles. The molecular weight excluding hydrogens is 417 g/mol. The summed E-state index contributed by atoms with van der Waals surface area (Å²) in [6, 6.07) is 21.3. The van der Waals surface area contributed by atoms with Gasteiger partial charge >= 0.3 is 0 Å². The van der Waals surface area contributed by atoms with Crippen LogP contribution < -0.4 is 10.1 Å². The minimum absolute atomic E-state index is 0.192. The van der Waals surface area contributed by atoms with Gasteiger partial charge in [-0.25, -0.2) is 4.39 Å². The number of carbonyl (C=O) groups excluding carboxylic acids is 1. The predicted octanol–water partition coefficient (Wildman–Crippen LogP) is 5.83. The van der Waals surface area contributed by atoms with Gasteiger partial charge in [0.2, 0.25) is 0 Å². The maximum absolute atomic E-state index is 13.0. The normalized spacial score (nSPS) is 10.8. The van der Waals surface area contributed by atoms with Gasteiger partial charge in [-0.2, -0.15) is 5.10 Å². The summed E-state index contributed by atoms with van der Waals surface area (Å²) >= 11 is 0. The summed E-state index contributed by atoms with van der Waals surface area (Å²) in [6.45, 7) is 6.92. The number of hydrogen-bond donors (Lipinski definition) is 1. The standard InChI is InChI=1S/C27H26FN3O2/c1-18-6-4-5-7-23(18)16-31-20(3)26(19(2)30-31)29-27(32)22-10-8-21(9-11-22)17-33-25-14-12-24(28)13-15-25/h4-15H,16-17H2,1-3H3,(H,29,32). The molecule has 168 valence electrons. The highest BCUT2D eigenvalue weighted by Gasteiger charge is 2.16. The monoisotopic (exact) mass is 443 g/mol. The molecule has 0 aliphatic rings. The van der Waals surface area contributed by atoms with Gasteiger partial charge in [0, 0.05) is 5.56 Å². The molecule has 1 N–H and O–H groups in total. The van der Waals surface area contributed by atoms with E-state index >= 15 is 0 Å². The van der Waals surface area contributed by atoms with Crippen LogP contribution in [0.2, 0.25) is 0 Å². The van der Waals surface area contributed by atoms with Crippen LogP contribution in [0.25, 0.3) is 0 Å². The molecule has 33 heavy (non-hydrogen) atoms. The zero-order valence-corrected chi connectivity index (χ0v) is 18.9. The molecule has 1 aromatic heterocycles. The lowest BCUT2D eigenvalue weighted by atomic mass is 10.1. The minimum Gasteiger partial charge on any atom is -0.489 e. The van der Waals surface area contributed by atoms with E-state index in [1.807, 2.05) is 42.8 Å². The fourth-order valence-electron chi connectivity index (χ4n) is 3.62. The van der Waals surface area contributed by atoms with E-state index < -0.39 is 0 Å². The van der Waals surface area contributed by atoms with Gasteiger partial charge in [-0.1, -0.05) is 36.4 Å². The maximum atomic E-state index is 13.0. The van der Waals surface area contributed by atoms with Crippen molar-refractivity contribution in [1.29, 1.82) is 0 Å². The molecule has 6 heteroatoms. The highest BCUT2D eigenvalue weighted by molar-refractivity contribution is 6.04. The number of nitrogens with one attached hydrogen (secondary N) is 1. The number of aryl methyl sites for hydroxylation is 2. The van der Waals surface area contributed by atoms with Crippen molar-refractivity contribution in [3.8, 4) is 5.75 Å². The number of benzene rings is 3. The number of rotatable bonds is 7. The molecule has 0 radical (unpaired) electrons. The lowest BCUT2D eigenvalue weighted by Crippen LogP contribution is -2.13. The highest BCUT2D eigenvalue weighted by atomic mass is 19.1. The molecule has 0 bridgehead atoms. The van der Waals surface area contributed by atoms with Crippen LogP contribution in [0, 0.1) is 26.6 Å². The van der Waals surface area contributed by atoms with Crippen molar-refractivity contribution in [3.63, 3.8) is 0 Å². The lowest BCUT2D eigenvalue weighted by Gasteiger charge is -2.10. The van der Waals surface area contributed by atoms with E-state index in [2.05, 4.69) is 29.5 Å². The van der Waals surface area contributed by atoms with Gasteiger partial charge in [-0.05, 0) is 73.9 Å². The summed E-state index contributed by atoms with van der Waals surface area (Å²) in [5.41, 5.74) is 6.28. The number of carbonyl (C=O) groups is 1. The molecule has 0 spiro atoms. The Hall–Kier alpha value is -3.93. The first-order chi connectivity index (χ1) is 15.9. The number of amides is 1. The average molecular weight is 444 g/mol. The maximum Gasteiger partial charge on any atom is 0.255 e. The second-order valence-electron chi connectivity index (χ2n) is 8.02. The van der Waals surface area contributed by atoms with Gasteiger partial charge in [0.05, 0.1) is 23.6 Å². The van der Waals surface area contributed by atoms with Gasteiger partial charge in [-0.15, -0.1) is 0 Å². The van der Waals surface area contributed by atoms with Crippen molar-refractivity contribution in [2.75, 3.05) is 5.32 Å². The summed E-state index contributed by atoms with van der Waals surface area (Å²) in [6.07, 6.45) is 0. The Morgan fingerprint density at radius 1 is 0.970 bits per heavy atom. The molecule has 1 amide bonds. The molecule has 0 aliphatic heterocycles. The summed E-state index contributed by atoms with van der Waals surface area (Å²) in [4.78, 5) is 12.8. The van der Waals surface area contributed by atoms with Crippen molar-refractivity contribution in [3.05, 3.63) is 112 Å². The van der Waals surface area contributed by atoms with Crippen LogP contribution in [-0.2, 0) is 13.2 Å². The van der Waals surface area contributed by atoms with Crippen molar-refractivity contribution in [1.82, 2.24) is 9.78 Å². The average Bonchev–Trinajstić information content (AvgIpc) is 3.08. The Bertz CT molecular complexity index is 1260. The summed E-state index contributed by atoms with van der Waals surface area (Å²) in [7, 11) is 0. The van der Waals surface area contributed by atoms with Gasteiger partial charge in [0.25, 0.3) is 5.91 Å². The second kappa shape index (κ2) is 9.69. The quantitative estimate of drug-likeness (QED) is 0.391. The largest absolute Gasteiger partial charge is 0.489 e. The van der Waals surface area contributed by atoms with Crippen LogP contribution in [0.3, 0.4) is 0 Å². The number of nitrogens with zero attached hydrogens (tertiary/aromatic N) is 2. The number of anilines is 1. The van der Waals surface area contributed by atoms with Crippen molar-refractivity contribution in [2.24, 2.45) is 0 Å². The molecule has 4 aromatic rings. The van der Waals surface area contributed by atoms with Gasteiger partial charge in [0.1, 0.15) is 18.2 Å². The van der Waals surface area contributed by atoms with E-state index in [0.29, 0.717) is 24.5 Å². The van der Waals surface area contributed by atoms with Gasteiger partial charge in [0.15, 0.2) is 0 Å². The van der Waals surface area contributed by atoms with Gasteiger partial charge < -0.3 is 10.1 Å². The third kappa shape index (κ3) is 5.29. The van der Waals surface area contributed by atoms with Crippen LogP contribution in [-0.4, -0.2) is 15.7 Å². The topological polar surface area (TPSA) is 56.2 Å². The third-order valence-electron chi connectivity index (χ3n) is 5.64. The Kier molecular flexibility index (Phi) is 6.54. The van der Waals surface area contributed by atoms with Crippen molar-refractivity contribution in [2.45, 2.75) is 33.9 Å². The molecule has 0 unspecified atom stereocenters.